The molecule has 6 rings (SSSR count). The molecule has 11 nitrogen and oxygen atoms in total. The molecule has 50 heavy (non-hydrogen) atoms. The molecule has 12 heteroatoms. The van der Waals surface area contributed by atoms with E-state index in [0.29, 0.717) is 71.7 Å². The zero-order valence-electron chi connectivity index (χ0n) is 29.2. The minimum atomic E-state index is -0.753. The van der Waals surface area contributed by atoms with E-state index in [2.05, 4.69) is 33.8 Å². The number of hydrogen-bond donors (Lipinski definition) is 2. The number of halogens is 1. The molecule has 0 radical (unpaired) electrons. The SMILES string of the molecule is CC(C)Oc1ccc(CN2CCN(CCO)CC2)cc1-n1c(C(C)N2CCN(C(O)COc3ccc(Cl)cc3)CC2)nc2ccccc2c1=O. The molecule has 2 aliphatic heterocycles. The number of benzene rings is 3. The summed E-state index contributed by atoms with van der Waals surface area (Å²) in [6.07, 6.45) is -0.844. The number of piperazine rings is 2. The maximum atomic E-state index is 14.5. The topological polar surface area (TPSA) is 107 Å². The molecule has 268 valence electrons. The van der Waals surface area contributed by atoms with Crippen molar-refractivity contribution in [1.29, 1.82) is 0 Å². The highest BCUT2D eigenvalue weighted by Gasteiger charge is 2.30. The van der Waals surface area contributed by atoms with Gasteiger partial charge in [0, 0.05) is 70.5 Å². The number of ether oxygens (including phenoxy) is 2. The normalized spacial score (nSPS) is 18.1. The van der Waals surface area contributed by atoms with Crippen LogP contribution in [-0.4, -0.2) is 124 Å². The molecule has 3 heterocycles. The van der Waals surface area contributed by atoms with Crippen molar-refractivity contribution in [3.05, 3.63) is 93.5 Å². The molecule has 0 saturated carbocycles. The van der Waals surface area contributed by atoms with E-state index in [1.165, 1.54) is 0 Å². The number of aliphatic hydroxyl groups is 2. The van der Waals surface area contributed by atoms with E-state index in [4.69, 9.17) is 26.1 Å². The molecule has 2 aliphatic rings. The summed E-state index contributed by atoms with van der Waals surface area (Å²) in [4.78, 5) is 28.6. The van der Waals surface area contributed by atoms with Crippen molar-refractivity contribution in [2.75, 3.05) is 72.1 Å². The van der Waals surface area contributed by atoms with Gasteiger partial charge in [-0.05, 0) is 74.9 Å². The van der Waals surface area contributed by atoms with Crippen molar-refractivity contribution >= 4 is 22.5 Å². The lowest BCUT2D eigenvalue weighted by molar-refractivity contribution is -0.0544. The molecule has 2 fully saturated rings. The Labute approximate surface area is 299 Å². The first-order chi connectivity index (χ1) is 24.2. The average molecular weight is 705 g/mol. The highest BCUT2D eigenvalue weighted by Crippen LogP contribution is 2.31. The molecule has 0 amide bonds. The van der Waals surface area contributed by atoms with E-state index in [-0.39, 0.29) is 30.9 Å². The third-order valence-electron chi connectivity index (χ3n) is 9.62. The molecule has 2 unspecified atom stereocenters. The van der Waals surface area contributed by atoms with Gasteiger partial charge in [-0.25, -0.2) is 4.98 Å². The van der Waals surface area contributed by atoms with E-state index in [1.54, 1.807) is 28.8 Å². The second-order valence-electron chi connectivity index (χ2n) is 13.4. The van der Waals surface area contributed by atoms with Gasteiger partial charge in [0.05, 0.1) is 35.3 Å². The van der Waals surface area contributed by atoms with Crippen LogP contribution in [-0.2, 0) is 6.54 Å². The van der Waals surface area contributed by atoms with E-state index in [1.807, 2.05) is 49.1 Å². The van der Waals surface area contributed by atoms with Crippen LogP contribution in [0.25, 0.3) is 16.6 Å². The first-order valence-corrected chi connectivity index (χ1v) is 18.0. The third-order valence-corrected chi connectivity index (χ3v) is 9.87. The van der Waals surface area contributed by atoms with Gasteiger partial charge in [0.2, 0.25) is 0 Å². The van der Waals surface area contributed by atoms with Crippen LogP contribution < -0.4 is 15.0 Å². The van der Waals surface area contributed by atoms with Crippen molar-refractivity contribution in [2.24, 2.45) is 0 Å². The largest absolute Gasteiger partial charge is 0.489 e. The predicted octanol–water partition coefficient (Wildman–Crippen LogP) is 4.01. The lowest BCUT2D eigenvalue weighted by atomic mass is 10.1. The lowest BCUT2D eigenvalue weighted by Crippen LogP contribution is -2.52. The van der Waals surface area contributed by atoms with Gasteiger partial charge in [-0.3, -0.25) is 29.0 Å². The summed E-state index contributed by atoms with van der Waals surface area (Å²) in [5.74, 6) is 1.95. The Morgan fingerprint density at radius 1 is 0.860 bits per heavy atom. The van der Waals surface area contributed by atoms with Gasteiger partial charge in [0.25, 0.3) is 5.56 Å². The van der Waals surface area contributed by atoms with Gasteiger partial charge in [-0.1, -0.05) is 29.8 Å². The van der Waals surface area contributed by atoms with Crippen LogP contribution in [0.2, 0.25) is 5.02 Å². The molecule has 2 atom stereocenters. The Morgan fingerprint density at radius 2 is 1.54 bits per heavy atom. The average Bonchev–Trinajstić information content (AvgIpc) is 3.12. The summed E-state index contributed by atoms with van der Waals surface area (Å²) in [5.41, 5.74) is 2.31. The maximum Gasteiger partial charge on any atom is 0.266 e. The molecule has 2 saturated heterocycles. The minimum absolute atomic E-state index is 0.0904. The summed E-state index contributed by atoms with van der Waals surface area (Å²) < 4.78 is 13.9. The number of para-hydroxylation sites is 1. The first kappa shape index (κ1) is 36.2. The number of nitrogens with zero attached hydrogens (tertiary/aromatic N) is 6. The van der Waals surface area contributed by atoms with Crippen LogP contribution in [0.1, 0.15) is 38.2 Å². The quantitative estimate of drug-likeness (QED) is 0.212. The van der Waals surface area contributed by atoms with Crippen molar-refractivity contribution < 1.29 is 19.7 Å². The van der Waals surface area contributed by atoms with Crippen LogP contribution in [0.4, 0.5) is 0 Å². The second-order valence-corrected chi connectivity index (χ2v) is 13.9. The van der Waals surface area contributed by atoms with Gasteiger partial charge in [0.1, 0.15) is 30.2 Å². The molecular weight excluding hydrogens is 656 g/mol. The molecule has 0 aliphatic carbocycles. The van der Waals surface area contributed by atoms with E-state index in [9.17, 15) is 15.0 Å². The summed E-state index contributed by atoms with van der Waals surface area (Å²) in [6, 6.07) is 20.6. The first-order valence-electron chi connectivity index (χ1n) is 17.6. The second kappa shape index (κ2) is 16.6. The highest BCUT2D eigenvalue weighted by atomic mass is 35.5. The van der Waals surface area contributed by atoms with Gasteiger partial charge >= 0.3 is 0 Å². The molecule has 1 aromatic heterocycles. The van der Waals surface area contributed by atoms with Gasteiger partial charge in [0.15, 0.2) is 0 Å². The molecule has 4 aromatic rings. The summed E-state index contributed by atoms with van der Waals surface area (Å²) >= 11 is 5.99. The Hall–Kier alpha value is -3.55. The smallest absolute Gasteiger partial charge is 0.266 e. The van der Waals surface area contributed by atoms with Crippen molar-refractivity contribution in [2.45, 2.75) is 45.7 Å². The molecule has 2 N–H and O–H groups in total. The lowest BCUT2D eigenvalue weighted by Gasteiger charge is -2.40. The zero-order valence-corrected chi connectivity index (χ0v) is 30.0. The number of aromatic nitrogens is 2. The summed E-state index contributed by atoms with van der Waals surface area (Å²) in [5, 5.41) is 21.5. The number of β-amino-alcohol motifs (C(OH)–C–C–N with tert-alkyl or cyclic N) is 1. The number of rotatable bonds is 13. The van der Waals surface area contributed by atoms with Crippen molar-refractivity contribution in [1.82, 2.24) is 29.2 Å². The Morgan fingerprint density at radius 3 is 2.24 bits per heavy atom. The fourth-order valence-electron chi connectivity index (χ4n) is 6.82. The van der Waals surface area contributed by atoms with E-state index in [0.717, 1.165) is 38.3 Å². The Kier molecular flexibility index (Phi) is 12.1. The summed E-state index contributed by atoms with van der Waals surface area (Å²) in [7, 11) is 0. The van der Waals surface area contributed by atoms with Gasteiger partial charge in [-0.2, -0.15) is 0 Å². The highest BCUT2D eigenvalue weighted by molar-refractivity contribution is 6.30. The van der Waals surface area contributed by atoms with Crippen molar-refractivity contribution in [3.8, 4) is 17.2 Å². The van der Waals surface area contributed by atoms with Gasteiger partial charge < -0.3 is 19.7 Å². The van der Waals surface area contributed by atoms with Crippen LogP contribution in [0.15, 0.2) is 71.5 Å². The van der Waals surface area contributed by atoms with Gasteiger partial charge in [-0.15, -0.1) is 0 Å². The van der Waals surface area contributed by atoms with E-state index >= 15 is 0 Å². The Balaban J connectivity index is 1.26. The van der Waals surface area contributed by atoms with Crippen molar-refractivity contribution in [3.63, 3.8) is 0 Å². The van der Waals surface area contributed by atoms with Crippen LogP contribution >= 0.6 is 11.6 Å². The molecule has 0 spiro atoms. The fraction of sp³-hybridized carbons (Fsp3) is 0.474. The molecular formula is C38H49ClN6O5. The number of hydrogen-bond acceptors (Lipinski definition) is 10. The van der Waals surface area contributed by atoms with Crippen LogP contribution in [0.5, 0.6) is 11.5 Å². The van der Waals surface area contributed by atoms with Crippen LogP contribution in [0, 0.1) is 0 Å². The monoisotopic (exact) mass is 704 g/mol. The standard InChI is InChI=1S/C38H49ClN6O5/c1-27(2)50-35-13-8-29(25-42-16-14-41(15-17-42)22-23-46)24-34(35)45-37(40-33-7-5-4-6-32(33)38(45)48)28(3)43-18-20-44(21-19-43)36(47)26-49-31-11-9-30(39)10-12-31/h4-13,24,27-28,36,46-47H,14-23,25-26H2,1-3H3. The third kappa shape index (κ3) is 8.66. The number of aliphatic hydroxyl groups excluding tert-OH is 2. The van der Waals surface area contributed by atoms with E-state index < -0.39 is 6.23 Å². The molecule has 0 bridgehead atoms. The predicted molar refractivity (Wildman–Crippen MR) is 196 cm³/mol. The Bertz CT molecular complexity index is 1770. The zero-order chi connectivity index (χ0) is 35.2. The molecule has 3 aromatic carbocycles. The minimum Gasteiger partial charge on any atom is -0.489 e. The number of fused-ring (bicyclic) bond motifs is 1. The van der Waals surface area contributed by atoms with Crippen LogP contribution in [0.3, 0.4) is 0 Å². The fourth-order valence-corrected chi connectivity index (χ4v) is 6.94. The maximum absolute atomic E-state index is 14.5. The summed E-state index contributed by atoms with van der Waals surface area (Å²) in [6.45, 7) is 14.1.